The largest absolute Gasteiger partial charge is 0.352 e. The van der Waals surface area contributed by atoms with Crippen molar-refractivity contribution in [2.45, 2.75) is 39.3 Å². The summed E-state index contributed by atoms with van der Waals surface area (Å²) in [6.45, 7) is 6.63. The van der Waals surface area contributed by atoms with Crippen LogP contribution in [-0.4, -0.2) is 30.2 Å². The second-order valence-corrected chi connectivity index (χ2v) is 10.6. The van der Waals surface area contributed by atoms with Crippen LogP contribution >= 0.6 is 11.3 Å². The van der Waals surface area contributed by atoms with Crippen molar-refractivity contribution >= 4 is 17.2 Å². The molecular weight excluding hydrogens is 487 g/mol. The number of hydrogen-bond donors (Lipinski definition) is 1. The summed E-state index contributed by atoms with van der Waals surface area (Å²) in [4.78, 5) is 21.5. The Morgan fingerprint density at radius 2 is 1.95 bits per heavy atom. The maximum absolute atomic E-state index is 13.6. The van der Waals surface area contributed by atoms with Crippen LogP contribution in [0.15, 0.2) is 78.8 Å². The monoisotopic (exact) mass is 514 g/mol. The van der Waals surface area contributed by atoms with Crippen LogP contribution in [0.25, 0.3) is 27.5 Å². The molecule has 37 heavy (non-hydrogen) atoms. The van der Waals surface area contributed by atoms with Gasteiger partial charge in [0.2, 0.25) is 5.91 Å². The number of imidazole rings is 1. The molecule has 2 aromatic carbocycles. The molecule has 1 amide bonds. The van der Waals surface area contributed by atoms with E-state index in [1.165, 1.54) is 23.5 Å². The molecular formula is C28H27FN6OS. The standard InChI is InChI=1S/C28H27FN6OS/c1-28(2,3)35-26(20-7-9-21(29)10-8-20)24(16-32-35)27-33-22(17-37-27)14-25(36)31-15-19-5-4-6-23(13-19)34-12-11-30-18-34/h4-13,16-18H,14-15H2,1-3H3,(H,31,36). The predicted octanol–water partition coefficient (Wildman–Crippen LogP) is 5.61. The van der Waals surface area contributed by atoms with E-state index in [0.29, 0.717) is 12.2 Å². The molecule has 0 fully saturated rings. The van der Waals surface area contributed by atoms with Crippen LogP contribution in [-0.2, 0) is 23.3 Å². The minimum atomic E-state index is -0.289. The zero-order valence-electron chi connectivity index (χ0n) is 20.9. The number of nitrogens with one attached hydrogen (secondary N) is 1. The summed E-state index contributed by atoms with van der Waals surface area (Å²) in [5.41, 5.74) is 4.98. The van der Waals surface area contributed by atoms with Crippen molar-refractivity contribution in [1.29, 1.82) is 0 Å². The van der Waals surface area contributed by atoms with Gasteiger partial charge in [-0.1, -0.05) is 12.1 Å². The van der Waals surface area contributed by atoms with E-state index >= 15 is 0 Å². The highest BCUT2D eigenvalue weighted by Crippen LogP contribution is 2.36. The third-order valence-corrected chi connectivity index (χ3v) is 6.77. The van der Waals surface area contributed by atoms with E-state index in [2.05, 4.69) is 36.2 Å². The van der Waals surface area contributed by atoms with Gasteiger partial charge in [-0.2, -0.15) is 5.10 Å². The van der Waals surface area contributed by atoms with E-state index in [1.54, 1.807) is 30.9 Å². The van der Waals surface area contributed by atoms with E-state index in [-0.39, 0.29) is 23.7 Å². The second kappa shape index (κ2) is 10.1. The molecule has 0 saturated heterocycles. The van der Waals surface area contributed by atoms with Crippen LogP contribution in [0.1, 0.15) is 32.0 Å². The summed E-state index contributed by atoms with van der Waals surface area (Å²) in [5, 5.41) is 10.3. The lowest BCUT2D eigenvalue weighted by atomic mass is 10.0. The Hall–Kier alpha value is -4.11. The summed E-state index contributed by atoms with van der Waals surface area (Å²) in [6.07, 6.45) is 7.32. The van der Waals surface area contributed by atoms with Crippen molar-refractivity contribution in [2.24, 2.45) is 0 Å². The average Bonchev–Trinajstić information content (AvgIpc) is 3.64. The topological polar surface area (TPSA) is 77.6 Å². The van der Waals surface area contributed by atoms with Gasteiger partial charge in [0.25, 0.3) is 0 Å². The van der Waals surface area contributed by atoms with Crippen molar-refractivity contribution in [2.75, 3.05) is 0 Å². The summed E-state index contributed by atoms with van der Waals surface area (Å²) >= 11 is 1.47. The minimum absolute atomic E-state index is 0.103. The fourth-order valence-corrected chi connectivity index (χ4v) is 4.91. The maximum atomic E-state index is 13.6. The Kier molecular flexibility index (Phi) is 6.71. The number of aromatic nitrogens is 5. The molecule has 0 aliphatic rings. The van der Waals surface area contributed by atoms with Crippen LogP contribution in [0.5, 0.6) is 0 Å². The molecule has 0 aliphatic heterocycles. The van der Waals surface area contributed by atoms with Crippen LogP contribution in [0.4, 0.5) is 4.39 Å². The molecule has 0 aliphatic carbocycles. The molecule has 5 rings (SSSR count). The Balaban J connectivity index is 1.31. The molecule has 9 heteroatoms. The van der Waals surface area contributed by atoms with Crippen LogP contribution < -0.4 is 5.32 Å². The van der Waals surface area contributed by atoms with Crippen LogP contribution in [0, 0.1) is 5.82 Å². The summed E-state index contributed by atoms with van der Waals surface area (Å²) in [7, 11) is 0. The van der Waals surface area contributed by atoms with Crippen molar-refractivity contribution in [3.63, 3.8) is 0 Å². The van der Waals surface area contributed by atoms with Crippen molar-refractivity contribution in [3.05, 3.63) is 95.9 Å². The Labute approximate surface area is 218 Å². The Bertz CT molecular complexity index is 1510. The first-order valence-electron chi connectivity index (χ1n) is 11.9. The van der Waals surface area contributed by atoms with E-state index in [9.17, 15) is 9.18 Å². The van der Waals surface area contributed by atoms with E-state index in [0.717, 1.165) is 33.1 Å². The smallest absolute Gasteiger partial charge is 0.226 e. The fraction of sp³-hybridized carbons (Fsp3) is 0.214. The molecule has 188 valence electrons. The third-order valence-electron chi connectivity index (χ3n) is 5.85. The molecule has 5 aromatic rings. The molecule has 0 radical (unpaired) electrons. The maximum Gasteiger partial charge on any atom is 0.226 e. The zero-order valence-corrected chi connectivity index (χ0v) is 21.7. The van der Waals surface area contributed by atoms with Gasteiger partial charge in [0, 0.05) is 35.6 Å². The number of benzene rings is 2. The molecule has 0 atom stereocenters. The van der Waals surface area contributed by atoms with Gasteiger partial charge >= 0.3 is 0 Å². The lowest BCUT2D eigenvalue weighted by molar-refractivity contribution is -0.120. The van der Waals surface area contributed by atoms with Gasteiger partial charge in [0.1, 0.15) is 10.8 Å². The van der Waals surface area contributed by atoms with Crippen LogP contribution in [0.3, 0.4) is 0 Å². The fourth-order valence-electron chi connectivity index (χ4n) is 4.08. The molecule has 1 N–H and O–H groups in total. The lowest BCUT2D eigenvalue weighted by Crippen LogP contribution is -2.24. The molecule has 0 saturated carbocycles. The predicted molar refractivity (Wildman–Crippen MR) is 143 cm³/mol. The minimum Gasteiger partial charge on any atom is -0.352 e. The van der Waals surface area contributed by atoms with E-state index in [1.807, 2.05) is 45.1 Å². The number of amides is 1. The number of halogens is 1. The number of hydrogen-bond acceptors (Lipinski definition) is 5. The van der Waals surface area contributed by atoms with Crippen molar-refractivity contribution in [1.82, 2.24) is 29.6 Å². The highest BCUT2D eigenvalue weighted by Gasteiger charge is 2.24. The molecule has 0 spiro atoms. The molecule has 7 nitrogen and oxygen atoms in total. The van der Waals surface area contributed by atoms with Crippen molar-refractivity contribution in [3.8, 4) is 27.5 Å². The first-order valence-corrected chi connectivity index (χ1v) is 12.8. The SMILES string of the molecule is CC(C)(C)n1ncc(-c2nc(CC(=O)NCc3cccc(-n4ccnc4)c3)cs2)c1-c1ccc(F)cc1. The van der Waals surface area contributed by atoms with Gasteiger partial charge in [0.15, 0.2) is 0 Å². The zero-order chi connectivity index (χ0) is 26.0. The number of carbonyl (C=O) groups is 1. The molecule has 0 unspecified atom stereocenters. The molecule has 3 aromatic heterocycles. The number of nitrogens with zero attached hydrogens (tertiary/aromatic N) is 5. The molecule has 3 heterocycles. The highest BCUT2D eigenvalue weighted by molar-refractivity contribution is 7.13. The number of carbonyl (C=O) groups excluding carboxylic acids is 1. The van der Waals surface area contributed by atoms with E-state index in [4.69, 9.17) is 4.98 Å². The van der Waals surface area contributed by atoms with Crippen LogP contribution in [0.2, 0.25) is 0 Å². The van der Waals surface area contributed by atoms with E-state index < -0.39 is 0 Å². The number of thiazole rings is 1. The van der Waals surface area contributed by atoms with Gasteiger partial charge in [-0.15, -0.1) is 11.3 Å². The van der Waals surface area contributed by atoms with Gasteiger partial charge in [-0.3, -0.25) is 9.48 Å². The van der Waals surface area contributed by atoms with Gasteiger partial charge < -0.3 is 9.88 Å². The Morgan fingerprint density at radius 1 is 1.14 bits per heavy atom. The Morgan fingerprint density at radius 3 is 2.68 bits per heavy atom. The number of rotatable bonds is 7. The van der Waals surface area contributed by atoms with Gasteiger partial charge in [-0.25, -0.2) is 14.4 Å². The second-order valence-electron chi connectivity index (χ2n) is 9.73. The molecule has 0 bridgehead atoms. The third kappa shape index (κ3) is 5.51. The summed E-state index contributed by atoms with van der Waals surface area (Å²) in [5.74, 6) is -0.392. The lowest BCUT2D eigenvalue weighted by Gasteiger charge is -2.23. The average molecular weight is 515 g/mol. The first-order chi connectivity index (χ1) is 17.8. The summed E-state index contributed by atoms with van der Waals surface area (Å²) in [6, 6.07) is 14.3. The normalized spacial score (nSPS) is 11.6. The first kappa shape index (κ1) is 24.6. The highest BCUT2D eigenvalue weighted by atomic mass is 32.1. The van der Waals surface area contributed by atoms with Gasteiger partial charge in [-0.05, 0) is 62.7 Å². The summed E-state index contributed by atoms with van der Waals surface area (Å²) < 4.78 is 17.4. The van der Waals surface area contributed by atoms with Gasteiger partial charge in [0.05, 0.1) is 41.4 Å². The van der Waals surface area contributed by atoms with Crippen molar-refractivity contribution < 1.29 is 9.18 Å². The quantitative estimate of drug-likeness (QED) is 0.306.